The normalized spacial score (nSPS) is 25.0. The van der Waals surface area contributed by atoms with E-state index in [0.717, 1.165) is 22.3 Å². The molecule has 0 aliphatic heterocycles. The third kappa shape index (κ3) is 4.63. The molecule has 1 aromatic carbocycles. The van der Waals surface area contributed by atoms with E-state index < -0.39 is 23.7 Å². The van der Waals surface area contributed by atoms with Gasteiger partial charge in [-0.3, -0.25) is 19.5 Å². The lowest BCUT2D eigenvalue weighted by Crippen LogP contribution is -2.50. The van der Waals surface area contributed by atoms with Gasteiger partial charge in [-0.05, 0) is 94.2 Å². The fourth-order valence-corrected chi connectivity index (χ4v) is 7.15. The van der Waals surface area contributed by atoms with Crippen LogP contribution in [0, 0.1) is 17.8 Å². The number of aromatic nitrogens is 1. The molecule has 0 radical (unpaired) electrons. The molecule has 1 amide bonds. The molecule has 0 spiro atoms. The lowest BCUT2D eigenvalue weighted by atomic mass is 9.59. The first kappa shape index (κ1) is 28.6. The Labute approximate surface area is 240 Å². The van der Waals surface area contributed by atoms with E-state index in [0.29, 0.717) is 25.0 Å². The number of aliphatic hydroxyl groups is 2. The second-order valence-electron chi connectivity index (χ2n) is 11.7. The maximum absolute atomic E-state index is 14.1. The van der Waals surface area contributed by atoms with Crippen molar-refractivity contribution in [2.45, 2.75) is 32.4 Å². The quantitative estimate of drug-likeness (QED) is 0.437. The third-order valence-electron chi connectivity index (χ3n) is 8.67. The van der Waals surface area contributed by atoms with Gasteiger partial charge in [0.15, 0.2) is 5.78 Å². The zero-order valence-electron chi connectivity index (χ0n) is 24.4. The number of aliphatic hydroxyl groups excluding tert-OH is 2. The van der Waals surface area contributed by atoms with E-state index in [4.69, 9.17) is 0 Å². The highest BCUT2D eigenvalue weighted by atomic mass is 16.3. The summed E-state index contributed by atoms with van der Waals surface area (Å²) < 4.78 is 0. The van der Waals surface area contributed by atoms with Gasteiger partial charge in [-0.25, -0.2) is 0 Å². The van der Waals surface area contributed by atoms with Gasteiger partial charge in [-0.2, -0.15) is 0 Å². The molecular formula is C32H38N4O5. The number of allylic oxidation sites excluding steroid dienone is 3. The maximum atomic E-state index is 14.1. The Bertz CT molecular complexity index is 1520. The Balaban J connectivity index is 1.67. The average molecular weight is 559 g/mol. The Morgan fingerprint density at radius 1 is 1.12 bits per heavy atom. The number of pyridine rings is 1. The summed E-state index contributed by atoms with van der Waals surface area (Å²) in [5.74, 6) is -2.36. The van der Waals surface area contributed by atoms with Gasteiger partial charge in [0.1, 0.15) is 17.3 Å². The largest absolute Gasteiger partial charge is 0.511 e. The topological polar surface area (TPSA) is 126 Å². The molecule has 0 saturated carbocycles. The minimum absolute atomic E-state index is 0.0374. The van der Waals surface area contributed by atoms with Crippen LogP contribution in [0.4, 0.5) is 0 Å². The van der Waals surface area contributed by atoms with Crippen molar-refractivity contribution in [3.8, 4) is 16.9 Å². The number of hydrogen-bond acceptors (Lipinski definition) is 8. The van der Waals surface area contributed by atoms with Gasteiger partial charge in [0.2, 0.25) is 0 Å². The molecule has 41 heavy (non-hydrogen) atoms. The molecule has 216 valence electrons. The van der Waals surface area contributed by atoms with E-state index in [-0.39, 0.29) is 45.8 Å². The van der Waals surface area contributed by atoms with Crippen LogP contribution in [0.15, 0.2) is 64.9 Å². The van der Waals surface area contributed by atoms with E-state index >= 15 is 0 Å². The van der Waals surface area contributed by atoms with Gasteiger partial charge in [0.25, 0.3) is 5.91 Å². The molecule has 4 atom stereocenters. The zero-order chi connectivity index (χ0) is 29.7. The highest BCUT2D eigenvalue weighted by Crippen LogP contribution is 2.53. The van der Waals surface area contributed by atoms with Crippen molar-refractivity contribution in [2.24, 2.45) is 17.8 Å². The molecule has 9 heteroatoms. The van der Waals surface area contributed by atoms with Crippen LogP contribution in [0.1, 0.15) is 34.8 Å². The third-order valence-corrected chi connectivity index (χ3v) is 8.67. The van der Waals surface area contributed by atoms with Gasteiger partial charge in [-0.15, -0.1) is 0 Å². The van der Waals surface area contributed by atoms with Gasteiger partial charge in [0, 0.05) is 43.0 Å². The summed E-state index contributed by atoms with van der Waals surface area (Å²) in [6, 6.07) is 4.86. The lowest BCUT2D eigenvalue weighted by Gasteiger charge is -2.48. The van der Waals surface area contributed by atoms with Gasteiger partial charge < -0.3 is 25.5 Å². The zero-order valence-corrected chi connectivity index (χ0v) is 24.4. The molecule has 1 heterocycles. The second-order valence-corrected chi connectivity index (χ2v) is 11.7. The summed E-state index contributed by atoms with van der Waals surface area (Å²) in [7, 11) is 9.14. The number of ketones is 1. The van der Waals surface area contributed by atoms with Crippen LogP contribution in [0.2, 0.25) is 0 Å². The highest BCUT2D eigenvalue weighted by Gasteiger charge is 2.52. The van der Waals surface area contributed by atoms with Crippen LogP contribution < -0.4 is 5.32 Å². The molecule has 9 nitrogen and oxygen atoms in total. The number of likely N-dealkylation sites (N-methyl/N-ethyl adjacent to an activating group) is 2. The Morgan fingerprint density at radius 2 is 1.85 bits per heavy atom. The van der Waals surface area contributed by atoms with Gasteiger partial charge in [-0.1, -0.05) is 12.1 Å². The van der Waals surface area contributed by atoms with Crippen molar-refractivity contribution >= 4 is 11.7 Å². The van der Waals surface area contributed by atoms with Crippen molar-refractivity contribution in [1.29, 1.82) is 0 Å². The van der Waals surface area contributed by atoms with E-state index in [1.807, 2.05) is 45.4 Å². The first-order valence-corrected chi connectivity index (χ1v) is 13.9. The van der Waals surface area contributed by atoms with E-state index in [1.54, 1.807) is 19.2 Å². The molecule has 3 aliphatic rings. The standard InChI is InChI=1S/C32H38N4O5/c1-7-19-25-22(28(36(5)6)31(40)27(19)32(41)33-2)12-17-11-21-20(18-10-16(13-34-14-18)15-35(3)4)8-9-23(37)26(21)30(39)24(17)29(25)38/h7-10,13-14,17,22,25,28,37-38,40H,11-12,15H2,1-6H3,(H,33,41)/b19-7+/t17?,22?,25?,28-/m0/s1. The molecule has 2 aromatic rings. The molecule has 0 fully saturated rings. The molecule has 3 aliphatic carbocycles. The van der Waals surface area contributed by atoms with Crippen LogP contribution in [-0.2, 0) is 17.8 Å². The molecule has 1 aromatic heterocycles. The predicted octanol–water partition coefficient (Wildman–Crippen LogP) is 3.77. The Hall–Kier alpha value is -3.95. The van der Waals surface area contributed by atoms with Gasteiger partial charge >= 0.3 is 0 Å². The molecular weight excluding hydrogens is 520 g/mol. The first-order valence-electron chi connectivity index (χ1n) is 13.9. The van der Waals surface area contributed by atoms with Crippen molar-refractivity contribution in [2.75, 3.05) is 35.2 Å². The first-order chi connectivity index (χ1) is 19.5. The molecule has 5 rings (SSSR count). The summed E-state index contributed by atoms with van der Waals surface area (Å²) in [6.07, 6.45) is 6.25. The minimum atomic E-state index is -0.649. The average Bonchev–Trinajstić information content (AvgIpc) is 2.91. The molecule has 4 N–H and O–H groups in total. The Morgan fingerprint density at radius 3 is 2.49 bits per heavy atom. The maximum Gasteiger partial charge on any atom is 0.254 e. The number of hydrogen-bond donors (Lipinski definition) is 4. The van der Waals surface area contributed by atoms with E-state index in [2.05, 4.69) is 21.3 Å². The second kappa shape index (κ2) is 10.8. The number of amides is 1. The SMILES string of the molecule is C/C=C1/C(C(=O)NC)=C(O)[C@@H](N(C)C)C2CC3Cc4c(-c5cncc(CN(C)C)c5)ccc(O)c4C(=O)C3=C(O)C12. The van der Waals surface area contributed by atoms with Crippen LogP contribution in [0.3, 0.4) is 0 Å². The molecule has 0 saturated heterocycles. The summed E-state index contributed by atoms with van der Waals surface area (Å²) in [6.45, 7) is 2.47. The van der Waals surface area contributed by atoms with E-state index in [1.165, 1.54) is 13.1 Å². The van der Waals surface area contributed by atoms with Gasteiger partial charge in [0.05, 0.1) is 17.2 Å². The van der Waals surface area contributed by atoms with Crippen molar-refractivity contribution in [3.05, 3.63) is 81.6 Å². The summed E-state index contributed by atoms with van der Waals surface area (Å²) in [5.41, 5.74) is 4.53. The lowest BCUT2D eigenvalue weighted by molar-refractivity contribution is -0.117. The number of phenols is 1. The number of phenolic OH excluding ortho intramolecular Hbond substituents is 1. The Kier molecular flexibility index (Phi) is 7.52. The molecule has 0 bridgehead atoms. The fourth-order valence-electron chi connectivity index (χ4n) is 7.15. The molecule has 3 unspecified atom stereocenters. The number of aromatic hydroxyl groups is 1. The van der Waals surface area contributed by atoms with Crippen LogP contribution in [0.5, 0.6) is 5.75 Å². The number of carbonyl (C=O) groups excluding carboxylic acids is 2. The summed E-state index contributed by atoms with van der Waals surface area (Å²) >= 11 is 0. The monoisotopic (exact) mass is 558 g/mol. The number of benzene rings is 1. The smallest absolute Gasteiger partial charge is 0.254 e. The van der Waals surface area contributed by atoms with Crippen LogP contribution >= 0.6 is 0 Å². The fraction of sp³-hybridized carbons (Fsp3) is 0.406. The summed E-state index contributed by atoms with van der Waals surface area (Å²) in [4.78, 5) is 35.4. The van der Waals surface area contributed by atoms with Crippen molar-refractivity contribution < 1.29 is 24.9 Å². The highest BCUT2D eigenvalue weighted by molar-refractivity contribution is 6.14. The minimum Gasteiger partial charge on any atom is -0.511 e. The number of nitrogens with zero attached hydrogens (tertiary/aromatic N) is 3. The number of rotatable bonds is 5. The number of nitrogens with one attached hydrogen (secondary N) is 1. The van der Waals surface area contributed by atoms with Crippen LogP contribution in [0.25, 0.3) is 11.1 Å². The van der Waals surface area contributed by atoms with Crippen molar-refractivity contribution in [1.82, 2.24) is 20.1 Å². The van der Waals surface area contributed by atoms with Crippen LogP contribution in [-0.4, -0.2) is 83.1 Å². The number of carbonyl (C=O) groups is 2. The van der Waals surface area contributed by atoms with E-state index in [9.17, 15) is 24.9 Å². The summed E-state index contributed by atoms with van der Waals surface area (Å²) in [5, 5.41) is 36.7. The van der Waals surface area contributed by atoms with Crippen molar-refractivity contribution in [3.63, 3.8) is 0 Å². The number of fused-ring (bicyclic) bond motifs is 3. The predicted molar refractivity (Wildman–Crippen MR) is 156 cm³/mol. The number of Topliss-reactive ketones (excluding diaryl/α,β-unsaturated/α-hetero) is 1.